The van der Waals surface area contributed by atoms with Crippen LogP contribution in [0, 0.1) is 0 Å². The van der Waals surface area contributed by atoms with Crippen molar-refractivity contribution in [2.24, 2.45) is 0 Å². The summed E-state index contributed by atoms with van der Waals surface area (Å²) in [6.45, 7) is 3.91. The first kappa shape index (κ1) is 18.9. The molecule has 1 aliphatic heterocycles. The van der Waals surface area contributed by atoms with E-state index < -0.39 is 29.9 Å². The van der Waals surface area contributed by atoms with Crippen molar-refractivity contribution >= 4 is 17.7 Å². The lowest BCUT2D eigenvalue weighted by Gasteiger charge is -2.41. The number of urea groups is 1. The first-order valence-corrected chi connectivity index (χ1v) is 8.62. The summed E-state index contributed by atoms with van der Waals surface area (Å²) >= 11 is 0. The van der Waals surface area contributed by atoms with E-state index in [1.807, 2.05) is 44.2 Å². The van der Waals surface area contributed by atoms with Gasteiger partial charge in [-0.25, -0.2) is 9.59 Å². The van der Waals surface area contributed by atoms with Crippen molar-refractivity contribution in [3.63, 3.8) is 0 Å². The fourth-order valence-electron chi connectivity index (χ4n) is 2.97. The standard InChI is InChI=1S/C20H22N2O5/c1-20(2)26-12-16(17(27-20)13-8-4-3-5-9-13)22-19(25)21-15-11-7-6-10-14(15)18(23)24/h3-11,16-17H,12H2,1-2H3,(H,23,24)(H2,21,22,25). The van der Waals surface area contributed by atoms with Crippen molar-refractivity contribution in [3.05, 3.63) is 65.7 Å². The SMILES string of the molecule is CC1(C)OCC(NC(=O)Nc2ccccc2C(=O)O)C(c2ccccc2)O1. The van der Waals surface area contributed by atoms with Gasteiger partial charge in [0.05, 0.1) is 23.9 Å². The predicted octanol–water partition coefficient (Wildman–Crippen LogP) is 3.40. The molecular formula is C20H22N2O5. The van der Waals surface area contributed by atoms with Crippen molar-refractivity contribution in [1.29, 1.82) is 0 Å². The Balaban J connectivity index is 1.75. The van der Waals surface area contributed by atoms with Gasteiger partial charge in [0, 0.05) is 0 Å². The van der Waals surface area contributed by atoms with Gasteiger partial charge < -0.3 is 25.2 Å². The molecule has 3 N–H and O–H groups in total. The van der Waals surface area contributed by atoms with Gasteiger partial charge in [-0.15, -0.1) is 0 Å². The number of hydrogen-bond donors (Lipinski definition) is 3. The quantitative estimate of drug-likeness (QED) is 0.766. The Bertz CT molecular complexity index is 822. The Morgan fingerprint density at radius 2 is 1.74 bits per heavy atom. The highest BCUT2D eigenvalue weighted by Gasteiger charge is 2.38. The molecule has 1 saturated heterocycles. The summed E-state index contributed by atoms with van der Waals surface area (Å²) in [6, 6.07) is 14.8. The molecule has 0 aliphatic carbocycles. The van der Waals surface area contributed by atoms with Crippen LogP contribution in [0.25, 0.3) is 0 Å². The van der Waals surface area contributed by atoms with E-state index in [0.29, 0.717) is 0 Å². The van der Waals surface area contributed by atoms with E-state index in [1.54, 1.807) is 12.1 Å². The minimum Gasteiger partial charge on any atom is -0.478 e. The highest BCUT2D eigenvalue weighted by atomic mass is 16.7. The van der Waals surface area contributed by atoms with Gasteiger partial charge in [-0.1, -0.05) is 42.5 Å². The highest BCUT2D eigenvalue weighted by Crippen LogP contribution is 2.33. The van der Waals surface area contributed by atoms with Crippen molar-refractivity contribution < 1.29 is 24.2 Å². The predicted molar refractivity (Wildman–Crippen MR) is 99.6 cm³/mol. The Kier molecular flexibility index (Phi) is 5.43. The maximum absolute atomic E-state index is 12.5. The molecule has 0 saturated carbocycles. The number of carbonyl (C=O) groups excluding carboxylic acids is 1. The topological polar surface area (TPSA) is 96.9 Å². The summed E-state index contributed by atoms with van der Waals surface area (Å²) in [7, 11) is 0. The van der Waals surface area contributed by atoms with Crippen LogP contribution < -0.4 is 10.6 Å². The maximum Gasteiger partial charge on any atom is 0.337 e. The number of anilines is 1. The average molecular weight is 370 g/mol. The minimum absolute atomic E-state index is 0.0181. The van der Waals surface area contributed by atoms with Crippen LogP contribution in [0.5, 0.6) is 0 Å². The molecule has 7 nitrogen and oxygen atoms in total. The Hall–Kier alpha value is -2.90. The average Bonchev–Trinajstić information content (AvgIpc) is 2.64. The van der Waals surface area contributed by atoms with Gasteiger partial charge in [-0.2, -0.15) is 0 Å². The number of carboxylic acid groups (broad SMARTS) is 1. The fourth-order valence-corrected chi connectivity index (χ4v) is 2.97. The van der Waals surface area contributed by atoms with Crippen molar-refractivity contribution in [2.75, 3.05) is 11.9 Å². The van der Waals surface area contributed by atoms with Crippen LogP contribution in [-0.2, 0) is 9.47 Å². The van der Waals surface area contributed by atoms with Crippen molar-refractivity contribution in [3.8, 4) is 0 Å². The van der Waals surface area contributed by atoms with Crippen LogP contribution in [0.2, 0.25) is 0 Å². The molecule has 7 heteroatoms. The second-order valence-electron chi connectivity index (χ2n) is 6.72. The van der Waals surface area contributed by atoms with E-state index in [4.69, 9.17) is 9.47 Å². The van der Waals surface area contributed by atoms with E-state index in [2.05, 4.69) is 10.6 Å². The number of aromatic carboxylic acids is 1. The molecule has 0 spiro atoms. The molecule has 2 unspecified atom stereocenters. The number of rotatable bonds is 4. The summed E-state index contributed by atoms with van der Waals surface area (Å²) < 4.78 is 11.7. The van der Waals surface area contributed by atoms with Crippen molar-refractivity contribution in [2.45, 2.75) is 31.8 Å². The lowest BCUT2D eigenvalue weighted by molar-refractivity contribution is -0.284. The monoisotopic (exact) mass is 370 g/mol. The molecule has 2 aromatic carbocycles. The fraction of sp³-hybridized carbons (Fsp3) is 0.300. The van der Waals surface area contributed by atoms with Gasteiger partial charge >= 0.3 is 12.0 Å². The van der Waals surface area contributed by atoms with E-state index in [0.717, 1.165) is 5.56 Å². The number of benzene rings is 2. The van der Waals surface area contributed by atoms with E-state index in [-0.39, 0.29) is 17.9 Å². The number of hydrogen-bond acceptors (Lipinski definition) is 4. The zero-order valence-corrected chi connectivity index (χ0v) is 15.1. The largest absolute Gasteiger partial charge is 0.478 e. The number of carboxylic acids is 1. The molecule has 1 aliphatic rings. The first-order valence-electron chi connectivity index (χ1n) is 8.62. The van der Waals surface area contributed by atoms with Gasteiger partial charge in [0.1, 0.15) is 6.10 Å². The Morgan fingerprint density at radius 3 is 2.44 bits per heavy atom. The summed E-state index contributed by atoms with van der Waals surface area (Å²) in [5, 5.41) is 14.7. The van der Waals surface area contributed by atoms with Crippen LogP contribution in [0.1, 0.15) is 35.9 Å². The number of amides is 2. The van der Waals surface area contributed by atoms with Gasteiger partial charge in [0.25, 0.3) is 0 Å². The maximum atomic E-state index is 12.5. The molecule has 0 radical (unpaired) electrons. The second-order valence-corrected chi connectivity index (χ2v) is 6.72. The molecule has 2 amide bonds. The molecule has 1 fully saturated rings. The number of carbonyl (C=O) groups is 2. The van der Waals surface area contributed by atoms with Crippen LogP contribution >= 0.6 is 0 Å². The Morgan fingerprint density at radius 1 is 1.07 bits per heavy atom. The van der Waals surface area contributed by atoms with Gasteiger partial charge in [-0.3, -0.25) is 0 Å². The molecule has 142 valence electrons. The number of para-hydroxylation sites is 1. The molecule has 0 bridgehead atoms. The third-order valence-electron chi connectivity index (χ3n) is 4.24. The van der Waals surface area contributed by atoms with Crippen LogP contribution in [0.3, 0.4) is 0 Å². The van der Waals surface area contributed by atoms with E-state index in [9.17, 15) is 14.7 Å². The molecule has 0 aromatic heterocycles. The molecule has 2 aromatic rings. The summed E-state index contributed by atoms with van der Waals surface area (Å²) in [4.78, 5) is 23.8. The molecule has 2 atom stereocenters. The number of nitrogens with one attached hydrogen (secondary N) is 2. The number of ether oxygens (including phenoxy) is 2. The third kappa shape index (κ3) is 4.64. The van der Waals surface area contributed by atoms with Gasteiger partial charge in [0.2, 0.25) is 0 Å². The smallest absolute Gasteiger partial charge is 0.337 e. The molecule has 1 heterocycles. The lowest BCUT2D eigenvalue weighted by atomic mass is 10.0. The van der Waals surface area contributed by atoms with Gasteiger partial charge in [0.15, 0.2) is 5.79 Å². The van der Waals surface area contributed by atoms with E-state index in [1.165, 1.54) is 12.1 Å². The van der Waals surface area contributed by atoms with Crippen LogP contribution in [0.15, 0.2) is 54.6 Å². The second kappa shape index (κ2) is 7.77. The van der Waals surface area contributed by atoms with Crippen molar-refractivity contribution in [1.82, 2.24) is 5.32 Å². The first-order chi connectivity index (χ1) is 12.9. The van der Waals surface area contributed by atoms with Crippen LogP contribution in [-0.4, -0.2) is 35.5 Å². The summed E-state index contributed by atoms with van der Waals surface area (Å²) in [5.41, 5.74) is 1.16. The molecule has 27 heavy (non-hydrogen) atoms. The summed E-state index contributed by atoms with van der Waals surface area (Å²) in [6.07, 6.45) is -0.393. The highest BCUT2D eigenvalue weighted by molar-refractivity contribution is 6.00. The van der Waals surface area contributed by atoms with Gasteiger partial charge in [-0.05, 0) is 31.5 Å². The van der Waals surface area contributed by atoms with Crippen LogP contribution in [0.4, 0.5) is 10.5 Å². The normalized spacial score (nSPS) is 21.3. The third-order valence-corrected chi connectivity index (χ3v) is 4.24. The molecule has 3 rings (SSSR count). The lowest BCUT2D eigenvalue weighted by Crippen LogP contribution is -2.52. The molecular weight excluding hydrogens is 348 g/mol. The minimum atomic E-state index is -1.11. The summed E-state index contributed by atoms with van der Waals surface area (Å²) in [5.74, 6) is -1.88. The zero-order chi connectivity index (χ0) is 19.4. The van der Waals surface area contributed by atoms with E-state index >= 15 is 0 Å². The zero-order valence-electron chi connectivity index (χ0n) is 15.1. The Labute approximate surface area is 157 Å².